The molecule has 3 N–H and O–H groups in total. The van der Waals surface area contributed by atoms with Crippen LogP contribution in [0.2, 0.25) is 0 Å². The first-order valence-corrected chi connectivity index (χ1v) is 4.27. The van der Waals surface area contributed by atoms with E-state index in [1.165, 1.54) is 0 Å². The number of H-pyrrole nitrogens is 1. The zero-order valence-corrected chi connectivity index (χ0v) is 7.63. The van der Waals surface area contributed by atoms with Crippen molar-refractivity contribution in [2.24, 2.45) is 0 Å². The molecule has 5 nitrogen and oxygen atoms in total. The Bertz CT molecular complexity index is 245. The van der Waals surface area contributed by atoms with Gasteiger partial charge in [0.25, 0.3) is 0 Å². The summed E-state index contributed by atoms with van der Waals surface area (Å²) >= 11 is 0. The summed E-state index contributed by atoms with van der Waals surface area (Å²) in [6, 6.07) is 1.72. The van der Waals surface area contributed by atoms with Crippen LogP contribution >= 0.6 is 0 Å². The first-order valence-electron chi connectivity index (χ1n) is 4.27. The Morgan fingerprint density at radius 2 is 2.54 bits per heavy atom. The molecule has 0 aromatic carbocycles. The zero-order chi connectivity index (χ0) is 9.52. The summed E-state index contributed by atoms with van der Waals surface area (Å²) in [4.78, 5) is 11.2. The monoisotopic (exact) mass is 182 g/mol. The van der Waals surface area contributed by atoms with Gasteiger partial charge in [0, 0.05) is 12.5 Å². The number of hydrogen-bond acceptors (Lipinski definition) is 3. The molecule has 1 rings (SSSR count). The molecule has 0 fully saturated rings. The van der Waals surface area contributed by atoms with Crippen LogP contribution in [0.5, 0.6) is 0 Å². The molecule has 0 spiro atoms. The highest BCUT2D eigenvalue weighted by Crippen LogP contribution is 2.00. The summed E-state index contributed by atoms with van der Waals surface area (Å²) in [5.41, 5.74) is 0. The van der Waals surface area contributed by atoms with Crippen molar-refractivity contribution >= 4 is 11.7 Å². The molecule has 13 heavy (non-hydrogen) atoms. The molecular weight excluding hydrogens is 168 g/mol. The van der Waals surface area contributed by atoms with Crippen molar-refractivity contribution in [2.75, 3.05) is 18.9 Å². The Morgan fingerprint density at radius 1 is 1.69 bits per heavy atom. The quantitative estimate of drug-likeness (QED) is 0.575. The largest absolute Gasteiger partial charge is 0.320 e. The van der Waals surface area contributed by atoms with E-state index < -0.39 is 0 Å². The Hall–Kier alpha value is -1.36. The van der Waals surface area contributed by atoms with Gasteiger partial charge in [0.05, 0.1) is 6.20 Å². The van der Waals surface area contributed by atoms with Crippen LogP contribution in [-0.4, -0.2) is 29.7 Å². The minimum atomic E-state index is 0.0134. The molecule has 72 valence electrons. The number of aromatic nitrogens is 2. The number of nitrogens with zero attached hydrogens (tertiary/aromatic N) is 1. The number of carbonyl (C=O) groups is 1. The second-order valence-corrected chi connectivity index (χ2v) is 2.73. The van der Waals surface area contributed by atoms with Crippen LogP contribution in [0.1, 0.15) is 12.8 Å². The van der Waals surface area contributed by atoms with Gasteiger partial charge in [-0.05, 0) is 20.0 Å². The van der Waals surface area contributed by atoms with Gasteiger partial charge in [0.1, 0.15) is 5.82 Å². The third kappa shape index (κ3) is 3.71. The van der Waals surface area contributed by atoms with E-state index in [1.54, 1.807) is 12.3 Å². The molecule has 0 saturated heterocycles. The van der Waals surface area contributed by atoms with Crippen LogP contribution < -0.4 is 10.6 Å². The Kier molecular flexibility index (Phi) is 3.98. The second kappa shape index (κ2) is 5.31. The lowest BCUT2D eigenvalue weighted by Gasteiger charge is -2.01. The average Bonchev–Trinajstić information content (AvgIpc) is 2.57. The van der Waals surface area contributed by atoms with Crippen LogP contribution in [0.15, 0.2) is 12.3 Å². The van der Waals surface area contributed by atoms with Crippen LogP contribution in [0, 0.1) is 0 Å². The summed E-state index contributed by atoms with van der Waals surface area (Å²) in [7, 11) is 1.87. The number of nitrogens with one attached hydrogen (secondary N) is 3. The highest BCUT2D eigenvalue weighted by atomic mass is 16.1. The molecule has 0 aliphatic carbocycles. The normalized spacial score (nSPS) is 9.92. The third-order valence-corrected chi connectivity index (χ3v) is 1.61. The lowest BCUT2D eigenvalue weighted by molar-refractivity contribution is -0.116. The fourth-order valence-corrected chi connectivity index (χ4v) is 0.964. The SMILES string of the molecule is CNCCCC(=O)Nc1ccn[nH]1. The molecule has 1 heterocycles. The standard InChI is InChI=1S/C8H14N4O/c1-9-5-2-3-8(13)11-7-4-6-10-12-7/h4,6,9H,2-3,5H2,1H3,(H2,10,11,12,13). The predicted molar refractivity (Wildman–Crippen MR) is 50.4 cm³/mol. The van der Waals surface area contributed by atoms with Crippen molar-refractivity contribution in [1.82, 2.24) is 15.5 Å². The van der Waals surface area contributed by atoms with Gasteiger partial charge in [-0.15, -0.1) is 0 Å². The molecular formula is C8H14N4O. The second-order valence-electron chi connectivity index (χ2n) is 2.73. The maximum Gasteiger partial charge on any atom is 0.225 e. The smallest absolute Gasteiger partial charge is 0.225 e. The van der Waals surface area contributed by atoms with E-state index in [2.05, 4.69) is 20.8 Å². The van der Waals surface area contributed by atoms with Crippen LogP contribution in [0.4, 0.5) is 5.82 Å². The van der Waals surface area contributed by atoms with Crippen molar-refractivity contribution in [1.29, 1.82) is 0 Å². The van der Waals surface area contributed by atoms with Crippen molar-refractivity contribution in [3.8, 4) is 0 Å². The molecule has 0 saturated carbocycles. The minimum absolute atomic E-state index is 0.0134. The topological polar surface area (TPSA) is 69.8 Å². The van der Waals surface area contributed by atoms with Crippen molar-refractivity contribution in [2.45, 2.75) is 12.8 Å². The molecule has 5 heteroatoms. The number of carbonyl (C=O) groups excluding carboxylic acids is 1. The van der Waals surface area contributed by atoms with Crippen molar-refractivity contribution in [3.05, 3.63) is 12.3 Å². The van der Waals surface area contributed by atoms with Gasteiger partial charge in [0.15, 0.2) is 0 Å². The summed E-state index contributed by atoms with van der Waals surface area (Å²) in [5, 5.41) is 12.1. The number of amides is 1. The Balaban J connectivity index is 2.18. The van der Waals surface area contributed by atoms with Gasteiger partial charge in [-0.25, -0.2) is 0 Å². The molecule has 0 aliphatic heterocycles. The maximum absolute atomic E-state index is 11.2. The van der Waals surface area contributed by atoms with Crippen LogP contribution in [-0.2, 0) is 4.79 Å². The Morgan fingerprint density at radius 3 is 3.15 bits per heavy atom. The minimum Gasteiger partial charge on any atom is -0.320 e. The zero-order valence-electron chi connectivity index (χ0n) is 7.63. The first kappa shape index (κ1) is 9.73. The summed E-state index contributed by atoms with van der Waals surface area (Å²) < 4.78 is 0. The summed E-state index contributed by atoms with van der Waals surface area (Å²) in [6.07, 6.45) is 2.97. The molecule has 0 atom stereocenters. The maximum atomic E-state index is 11.2. The molecule has 0 bridgehead atoms. The number of aromatic amines is 1. The lowest BCUT2D eigenvalue weighted by atomic mass is 10.3. The van der Waals surface area contributed by atoms with Gasteiger partial charge in [-0.1, -0.05) is 0 Å². The summed E-state index contributed by atoms with van der Waals surface area (Å²) in [5.74, 6) is 0.661. The third-order valence-electron chi connectivity index (χ3n) is 1.61. The average molecular weight is 182 g/mol. The van der Waals surface area contributed by atoms with E-state index in [0.717, 1.165) is 13.0 Å². The molecule has 0 unspecified atom stereocenters. The molecule has 0 aliphatic rings. The molecule has 1 amide bonds. The van der Waals surface area contributed by atoms with Gasteiger partial charge < -0.3 is 10.6 Å². The van der Waals surface area contributed by atoms with E-state index in [1.807, 2.05) is 7.05 Å². The number of rotatable bonds is 5. The Labute approximate surface area is 76.9 Å². The fraction of sp³-hybridized carbons (Fsp3) is 0.500. The van der Waals surface area contributed by atoms with Gasteiger partial charge >= 0.3 is 0 Å². The van der Waals surface area contributed by atoms with Gasteiger partial charge in [0.2, 0.25) is 5.91 Å². The van der Waals surface area contributed by atoms with Gasteiger partial charge in [-0.2, -0.15) is 5.10 Å². The molecule has 0 radical (unpaired) electrons. The van der Waals surface area contributed by atoms with Gasteiger partial charge in [-0.3, -0.25) is 9.89 Å². The molecule has 1 aromatic rings. The molecule has 1 aromatic heterocycles. The predicted octanol–water partition coefficient (Wildman–Crippen LogP) is 0.348. The number of hydrogen-bond donors (Lipinski definition) is 3. The van der Waals surface area contributed by atoms with Crippen LogP contribution in [0.25, 0.3) is 0 Å². The van der Waals surface area contributed by atoms with E-state index in [9.17, 15) is 4.79 Å². The lowest BCUT2D eigenvalue weighted by Crippen LogP contribution is -2.15. The van der Waals surface area contributed by atoms with E-state index in [4.69, 9.17) is 0 Å². The van der Waals surface area contributed by atoms with Crippen molar-refractivity contribution < 1.29 is 4.79 Å². The van der Waals surface area contributed by atoms with E-state index in [-0.39, 0.29) is 5.91 Å². The number of anilines is 1. The van der Waals surface area contributed by atoms with E-state index in [0.29, 0.717) is 12.2 Å². The van der Waals surface area contributed by atoms with Crippen molar-refractivity contribution in [3.63, 3.8) is 0 Å². The first-order chi connectivity index (χ1) is 6.33. The highest BCUT2D eigenvalue weighted by Gasteiger charge is 2.01. The fourth-order valence-electron chi connectivity index (χ4n) is 0.964. The summed E-state index contributed by atoms with van der Waals surface area (Å²) in [6.45, 7) is 0.858. The highest BCUT2D eigenvalue weighted by molar-refractivity contribution is 5.89. The van der Waals surface area contributed by atoms with E-state index >= 15 is 0 Å². The van der Waals surface area contributed by atoms with Crippen LogP contribution in [0.3, 0.4) is 0 Å².